The van der Waals surface area contributed by atoms with Gasteiger partial charge in [0.2, 0.25) is 0 Å². The minimum atomic E-state index is -0.608. The second-order valence-corrected chi connectivity index (χ2v) is 7.07. The second-order valence-electron chi connectivity index (χ2n) is 6.66. The van der Waals surface area contributed by atoms with Crippen molar-refractivity contribution in [2.24, 2.45) is 0 Å². The first-order valence-corrected chi connectivity index (χ1v) is 10.2. The number of amides is 2. The SMILES string of the molecule is COCCOC(=O)Nc1cccc(NC(=O)c2ccccc2OCc2ccccc2Cl)c1. The van der Waals surface area contributed by atoms with Gasteiger partial charge in [0.25, 0.3) is 5.91 Å². The molecular weight excluding hydrogens is 432 g/mol. The van der Waals surface area contributed by atoms with E-state index in [0.717, 1.165) is 5.56 Å². The summed E-state index contributed by atoms with van der Waals surface area (Å²) in [6, 6.07) is 21.0. The third-order valence-electron chi connectivity index (χ3n) is 4.36. The molecule has 0 spiro atoms. The summed E-state index contributed by atoms with van der Waals surface area (Å²) < 4.78 is 15.7. The molecule has 0 radical (unpaired) electrons. The summed E-state index contributed by atoms with van der Waals surface area (Å²) in [7, 11) is 1.52. The van der Waals surface area contributed by atoms with Crippen LogP contribution in [0, 0.1) is 0 Å². The lowest BCUT2D eigenvalue weighted by Gasteiger charge is -2.13. The second kappa shape index (κ2) is 11.7. The molecule has 0 aromatic heterocycles. The van der Waals surface area contributed by atoms with E-state index in [-0.39, 0.29) is 19.1 Å². The topological polar surface area (TPSA) is 85.9 Å². The Morgan fingerprint density at radius 3 is 2.38 bits per heavy atom. The zero-order chi connectivity index (χ0) is 22.8. The lowest BCUT2D eigenvalue weighted by molar-refractivity contribution is 0.102. The molecule has 7 nitrogen and oxygen atoms in total. The number of ether oxygens (including phenoxy) is 3. The molecule has 0 unspecified atom stereocenters. The molecule has 0 fully saturated rings. The van der Waals surface area contributed by atoms with E-state index in [0.29, 0.717) is 34.3 Å². The van der Waals surface area contributed by atoms with E-state index in [1.165, 1.54) is 7.11 Å². The van der Waals surface area contributed by atoms with Gasteiger partial charge in [-0.25, -0.2) is 4.79 Å². The maximum Gasteiger partial charge on any atom is 0.411 e. The highest BCUT2D eigenvalue weighted by molar-refractivity contribution is 6.31. The van der Waals surface area contributed by atoms with Gasteiger partial charge in [-0.3, -0.25) is 10.1 Å². The van der Waals surface area contributed by atoms with Crippen LogP contribution in [0.4, 0.5) is 16.2 Å². The molecule has 0 heterocycles. The van der Waals surface area contributed by atoms with Gasteiger partial charge in [-0.1, -0.05) is 48.0 Å². The fourth-order valence-electron chi connectivity index (χ4n) is 2.80. The number of benzene rings is 3. The number of carbonyl (C=O) groups excluding carboxylic acids is 2. The average Bonchev–Trinajstić information content (AvgIpc) is 2.79. The molecule has 3 rings (SSSR count). The third kappa shape index (κ3) is 6.73. The number of carbonyl (C=O) groups is 2. The molecule has 3 aromatic rings. The number of halogens is 1. The Hall–Kier alpha value is -3.55. The molecule has 8 heteroatoms. The molecule has 3 aromatic carbocycles. The highest BCUT2D eigenvalue weighted by atomic mass is 35.5. The van der Waals surface area contributed by atoms with Crippen molar-refractivity contribution in [3.63, 3.8) is 0 Å². The van der Waals surface area contributed by atoms with Crippen molar-refractivity contribution in [2.45, 2.75) is 6.61 Å². The van der Waals surface area contributed by atoms with Crippen LogP contribution in [0.2, 0.25) is 5.02 Å². The van der Waals surface area contributed by atoms with E-state index in [9.17, 15) is 9.59 Å². The Labute approximate surface area is 191 Å². The number of rotatable bonds is 9. The molecule has 32 heavy (non-hydrogen) atoms. The Morgan fingerprint density at radius 1 is 0.875 bits per heavy atom. The molecule has 0 aliphatic rings. The molecule has 0 saturated carbocycles. The van der Waals surface area contributed by atoms with E-state index in [1.807, 2.05) is 18.2 Å². The predicted octanol–water partition coefficient (Wildman–Crippen LogP) is 5.37. The first-order chi connectivity index (χ1) is 15.6. The Kier molecular flexibility index (Phi) is 8.48. The van der Waals surface area contributed by atoms with Crippen molar-refractivity contribution < 1.29 is 23.8 Å². The van der Waals surface area contributed by atoms with Crippen molar-refractivity contribution in [1.29, 1.82) is 0 Å². The van der Waals surface area contributed by atoms with Crippen LogP contribution in [-0.2, 0) is 16.1 Å². The van der Waals surface area contributed by atoms with Crippen LogP contribution in [0.15, 0.2) is 72.8 Å². The number of anilines is 2. The Balaban J connectivity index is 1.65. The van der Waals surface area contributed by atoms with Crippen molar-refractivity contribution in [3.8, 4) is 5.75 Å². The summed E-state index contributed by atoms with van der Waals surface area (Å²) in [6.45, 7) is 0.680. The van der Waals surface area contributed by atoms with Crippen LogP contribution in [0.1, 0.15) is 15.9 Å². The minimum Gasteiger partial charge on any atom is -0.488 e. The van der Waals surface area contributed by atoms with Gasteiger partial charge in [-0.15, -0.1) is 0 Å². The number of methoxy groups -OCH3 is 1. The van der Waals surface area contributed by atoms with E-state index < -0.39 is 6.09 Å². The summed E-state index contributed by atoms with van der Waals surface area (Å²) in [5.74, 6) is 0.0838. The lowest BCUT2D eigenvalue weighted by Crippen LogP contribution is -2.17. The zero-order valence-electron chi connectivity index (χ0n) is 17.5. The van der Waals surface area contributed by atoms with Crippen LogP contribution in [-0.4, -0.2) is 32.3 Å². The van der Waals surface area contributed by atoms with E-state index in [2.05, 4.69) is 10.6 Å². The molecule has 2 amide bonds. The summed E-state index contributed by atoms with van der Waals surface area (Å²) >= 11 is 6.18. The highest BCUT2D eigenvalue weighted by Crippen LogP contribution is 2.24. The van der Waals surface area contributed by atoms with Crippen molar-refractivity contribution in [1.82, 2.24) is 0 Å². The van der Waals surface area contributed by atoms with Gasteiger partial charge < -0.3 is 19.5 Å². The number of hydrogen-bond donors (Lipinski definition) is 2. The number of nitrogens with one attached hydrogen (secondary N) is 2. The summed E-state index contributed by atoms with van der Waals surface area (Å²) in [5.41, 5.74) is 2.18. The molecule has 0 atom stereocenters. The third-order valence-corrected chi connectivity index (χ3v) is 4.73. The van der Waals surface area contributed by atoms with E-state index in [4.69, 9.17) is 25.8 Å². The molecular formula is C24H23ClN2O5. The quantitative estimate of drug-likeness (QED) is 0.425. The average molecular weight is 455 g/mol. The maximum atomic E-state index is 12.9. The molecule has 2 N–H and O–H groups in total. The lowest BCUT2D eigenvalue weighted by atomic mass is 10.1. The Bertz CT molecular complexity index is 1070. The Morgan fingerprint density at radius 2 is 1.59 bits per heavy atom. The summed E-state index contributed by atoms with van der Waals surface area (Å²) in [4.78, 5) is 24.7. The van der Waals surface area contributed by atoms with Crippen molar-refractivity contribution in [2.75, 3.05) is 31.0 Å². The first kappa shape index (κ1) is 23.1. The summed E-state index contributed by atoms with van der Waals surface area (Å²) in [5, 5.41) is 6.02. The number of hydrogen-bond acceptors (Lipinski definition) is 5. The normalized spacial score (nSPS) is 10.3. The minimum absolute atomic E-state index is 0.143. The zero-order valence-corrected chi connectivity index (χ0v) is 18.2. The standard InChI is InChI=1S/C24H23ClN2O5/c1-30-13-14-31-24(29)27-19-9-6-8-18(15-19)26-23(28)20-10-3-5-12-22(20)32-16-17-7-2-4-11-21(17)25/h2-12,15H,13-14,16H2,1H3,(H,26,28)(H,27,29). The monoisotopic (exact) mass is 454 g/mol. The van der Waals surface area contributed by atoms with Gasteiger partial charge in [0.15, 0.2) is 0 Å². The van der Waals surface area contributed by atoms with Gasteiger partial charge in [0.1, 0.15) is 19.0 Å². The van der Waals surface area contributed by atoms with Crippen LogP contribution in [0.25, 0.3) is 0 Å². The maximum absolute atomic E-state index is 12.9. The van der Waals surface area contributed by atoms with Crippen LogP contribution < -0.4 is 15.4 Å². The fraction of sp³-hybridized carbons (Fsp3) is 0.167. The van der Waals surface area contributed by atoms with Crippen molar-refractivity contribution >= 4 is 35.0 Å². The first-order valence-electron chi connectivity index (χ1n) is 9.86. The highest BCUT2D eigenvalue weighted by Gasteiger charge is 2.14. The summed E-state index contributed by atoms with van der Waals surface area (Å²) in [6.07, 6.45) is -0.608. The van der Waals surface area contributed by atoms with Crippen LogP contribution in [0.5, 0.6) is 5.75 Å². The smallest absolute Gasteiger partial charge is 0.411 e. The molecule has 0 aliphatic heterocycles. The van der Waals surface area contributed by atoms with Crippen molar-refractivity contribution in [3.05, 3.63) is 88.9 Å². The molecule has 166 valence electrons. The molecule has 0 saturated heterocycles. The largest absolute Gasteiger partial charge is 0.488 e. The van der Waals surface area contributed by atoms with Gasteiger partial charge in [-0.05, 0) is 36.4 Å². The fourth-order valence-corrected chi connectivity index (χ4v) is 2.99. The molecule has 0 aliphatic carbocycles. The van der Waals surface area contributed by atoms with Gasteiger partial charge >= 0.3 is 6.09 Å². The molecule has 0 bridgehead atoms. The van der Waals surface area contributed by atoms with E-state index >= 15 is 0 Å². The van der Waals surface area contributed by atoms with Crippen LogP contribution in [0.3, 0.4) is 0 Å². The number of para-hydroxylation sites is 1. The van der Waals surface area contributed by atoms with Gasteiger partial charge in [-0.2, -0.15) is 0 Å². The van der Waals surface area contributed by atoms with Gasteiger partial charge in [0, 0.05) is 29.1 Å². The van der Waals surface area contributed by atoms with Crippen LogP contribution >= 0.6 is 11.6 Å². The predicted molar refractivity (Wildman–Crippen MR) is 123 cm³/mol. The van der Waals surface area contributed by atoms with E-state index in [1.54, 1.807) is 54.6 Å². The van der Waals surface area contributed by atoms with Gasteiger partial charge in [0.05, 0.1) is 12.2 Å².